The molecular formula is C13H19NO2. The Labute approximate surface area is 96.8 Å². The number of ether oxygens (including phenoxy) is 2. The lowest BCUT2D eigenvalue weighted by Crippen LogP contribution is -2.48. The van der Waals surface area contributed by atoms with Gasteiger partial charge in [-0.2, -0.15) is 0 Å². The number of hydrogen-bond acceptors (Lipinski definition) is 3. The molecule has 1 saturated heterocycles. The van der Waals surface area contributed by atoms with Gasteiger partial charge in [-0.05, 0) is 6.07 Å². The molecule has 3 heteroatoms. The van der Waals surface area contributed by atoms with Crippen molar-refractivity contribution < 1.29 is 9.47 Å². The van der Waals surface area contributed by atoms with Crippen molar-refractivity contribution in [2.45, 2.75) is 26.0 Å². The molecule has 0 aromatic heterocycles. The summed E-state index contributed by atoms with van der Waals surface area (Å²) in [5, 5.41) is 3.41. The zero-order chi connectivity index (χ0) is 11.4. The minimum atomic E-state index is 0.175. The van der Waals surface area contributed by atoms with Crippen LogP contribution in [0.4, 0.5) is 0 Å². The van der Waals surface area contributed by atoms with Crippen molar-refractivity contribution in [2.24, 2.45) is 0 Å². The average molecular weight is 221 g/mol. The van der Waals surface area contributed by atoms with Crippen molar-refractivity contribution in [2.75, 3.05) is 19.8 Å². The zero-order valence-corrected chi connectivity index (χ0v) is 9.90. The van der Waals surface area contributed by atoms with Gasteiger partial charge in [0.1, 0.15) is 18.5 Å². The van der Waals surface area contributed by atoms with Crippen LogP contribution >= 0.6 is 0 Å². The molecule has 2 unspecified atom stereocenters. The number of para-hydroxylation sites is 1. The van der Waals surface area contributed by atoms with E-state index in [2.05, 4.69) is 11.4 Å². The number of nitrogens with one attached hydrogen (secondary N) is 1. The Balaban J connectivity index is 0.000000457. The second kappa shape index (κ2) is 5.32. The van der Waals surface area contributed by atoms with Crippen LogP contribution in [0.3, 0.4) is 0 Å². The standard InChI is InChI=1S/C11H13NO2.C2H6/c1-2-4-10-8(3-1)11-9(7-14-10)12-5-6-13-11;1-2/h1-4,9,11-12H,5-7H2;1-2H3. The second-order valence-corrected chi connectivity index (χ2v) is 3.70. The molecule has 1 N–H and O–H groups in total. The van der Waals surface area contributed by atoms with E-state index in [0.29, 0.717) is 12.6 Å². The summed E-state index contributed by atoms with van der Waals surface area (Å²) >= 11 is 0. The number of fused-ring (bicyclic) bond motifs is 3. The number of morpholine rings is 1. The molecule has 2 aliphatic heterocycles. The van der Waals surface area contributed by atoms with Gasteiger partial charge in [0.15, 0.2) is 0 Å². The Hall–Kier alpha value is -1.06. The van der Waals surface area contributed by atoms with E-state index in [1.807, 2.05) is 32.0 Å². The van der Waals surface area contributed by atoms with Crippen LogP contribution in [0.5, 0.6) is 5.75 Å². The van der Waals surface area contributed by atoms with E-state index < -0.39 is 0 Å². The maximum absolute atomic E-state index is 5.77. The van der Waals surface area contributed by atoms with Crippen LogP contribution in [0.2, 0.25) is 0 Å². The van der Waals surface area contributed by atoms with Crippen LogP contribution < -0.4 is 10.1 Å². The molecule has 16 heavy (non-hydrogen) atoms. The van der Waals surface area contributed by atoms with Gasteiger partial charge in [-0.3, -0.25) is 0 Å². The Kier molecular flexibility index (Phi) is 3.80. The van der Waals surface area contributed by atoms with Gasteiger partial charge in [0, 0.05) is 12.1 Å². The van der Waals surface area contributed by atoms with E-state index in [1.165, 1.54) is 5.56 Å². The van der Waals surface area contributed by atoms with Crippen molar-refractivity contribution in [3.63, 3.8) is 0 Å². The van der Waals surface area contributed by atoms with Crippen LogP contribution in [0.25, 0.3) is 0 Å². The Morgan fingerprint density at radius 1 is 1.25 bits per heavy atom. The van der Waals surface area contributed by atoms with Gasteiger partial charge >= 0.3 is 0 Å². The average Bonchev–Trinajstić information content (AvgIpc) is 2.41. The van der Waals surface area contributed by atoms with Crippen LogP contribution in [0.1, 0.15) is 25.5 Å². The van der Waals surface area contributed by atoms with E-state index in [4.69, 9.17) is 9.47 Å². The van der Waals surface area contributed by atoms with Gasteiger partial charge in [-0.1, -0.05) is 32.0 Å². The molecule has 0 aliphatic carbocycles. The third kappa shape index (κ3) is 2.06. The molecule has 88 valence electrons. The summed E-state index contributed by atoms with van der Waals surface area (Å²) in [5.41, 5.74) is 1.18. The summed E-state index contributed by atoms with van der Waals surface area (Å²) in [4.78, 5) is 0. The number of hydrogen-bond donors (Lipinski definition) is 1. The third-order valence-electron chi connectivity index (χ3n) is 2.82. The predicted molar refractivity (Wildman–Crippen MR) is 63.8 cm³/mol. The number of benzene rings is 1. The van der Waals surface area contributed by atoms with E-state index in [1.54, 1.807) is 0 Å². The van der Waals surface area contributed by atoms with Gasteiger partial charge in [0.25, 0.3) is 0 Å². The molecule has 1 aromatic rings. The van der Waals surface area contributed by atoms with E-state index in [-0.39, 0.29) is 6.10 Å². The lowest BCUT2D eigenvalue weighted by molar-refractivity contribution is -0.0307. The lowest BCUT2D eigenvalue weighted by atomic mass is 9.98. The molecule has 0 amide bonds. The maximum Gasteiger partial charge on any atom is 0.125 e. The Bertz CT molecular complexity index is 340. The van der Waals surface area contributed by atoms with Crippen LogP contribution in [-0.4, -0.2) is 25.8 Å². The van der Waals surface area contributed by atoms with E-state index >= 15 is 0 Å². The van der Waals surface area contributed by atoms with Crippen LogP contribution in [-0.2, 0) is 4.74 Å². The molecule has 3 rings (SSSR count). The van der Waals surface area contributed by atoms with Crippen molar-refractivity contribution in [1.29, 1.82) is 0 Å². The minimum absolute atomic E-state index is 0.175. The molecule has 2 aliphatic rings. The molecule has 3 nitrogen and oxygen atoms in total. The fourth-order valence-electron chi connectivity index (χ4n) is 2.13. The minimum Gasteiger partial charge on any atom is -0.491 e. The molecule has 0 bridgehead atoms. The summed E-state index contributed by atoms with van der Waals surface area (Å²) in [5.74, 6) is 0.970. The molecular weight excluding hydrogens is 202 g/mol. The fraction of sp³-hybridized carbons (Fsp3) is 0.538. The topological polar surface area (TPSA) is 30.5 Å². The van der Waals surface area contributed by atoms with E-state index in [0.717, 1.165) is 18.9 Å². The molecule has 0 saturated carbocycles. The summed E-state index contributed by atoms with van der Waals surface area (Å²) in [7, 11) is 0. The summed E-state index contributed by atoms with van der Waals surface area (Å²) in [6.45, 7) is 6.42. The first-order valence-corrected chi connectivity index (χ1v) is 6.02. The van der Waals surface area contributed by atoms with Crippen LogP contribution in [0.15, 0.2) is 24.3 Å². The highest BCUT2D eigenvalue weighted by Gasteiger charge is 2.33. The first-order valence-electron chi connectivity index (χ1n) is 6.02. The highest BCUT2D eigenvalue weighted by Crippen LogP contribution is 2.35. The first kappa shape index (κ1) is 11.4. The first-order chi connectivity index (χ1) is 7.95. The quantitative estimate of drug-likeness (QED) is 0.728. The third-order valence-corrected chi connectivity index (χ3v) is 2.82. The van der Waals surface area contributed by atoms with E-state index in [9.17, 15) is 0 Å². The summed E-state index contributed by atoms with van der Waals surface area (Å²) in [6.07, 6.45) is 0.175. The molecule has 0 spiro atoms. The molecule has 0 radical (unpaired) electrons. The van der Waals surface area contributed by atoms with Crippen molar-refractivity contribution >= 4 is 0 Å². The second-order valence-electron chi connectivity index (χ2n) is 3.70. The van der Waals surface area contributed by atoms with Crippen molar-refractivity contribution in [3.8, 4) is 5.75 Å². The van der Waals surface area contributed by atoms with Gasteiger partial charge in [-0.15, -0.1) is 0 Å². The fourth-order valence-corrected chi connectivity index (χ4v) is 2.13. The van der Waals surface area contributed by atoms with Crippen molar-refractivity contribution in [3.05, 3.63) is 29.8 Å². The lowest BCUT2D eigenvalue weighted by Gasteiger charge is -2.37. The summed E-state index contributed by atoms with van der Waals surface area (Å²) in [6, 6.07) is 8.43. The van der Waals surface area contributed by atoms with Crippen LogP contribution in [0, 0.1) is 0 Å². The molecule has 2 heterocycles. The van der Waals surface area contributed by atoms with Gasteiger partial charge in [-0.25, -0.2) is 0 Å². The predicted octanol–water partition coefficient (Wildman–Crippen LogP) is 2.13. The summed E-state index contributed by atoms with van der Waals surface area (Å²) < 4.78 is 11.4. The Morgan fingerprint density at radius 3 is 2.94 bits per heavy atom. The molecule has 1 fully saturated rings. The smallest absolute Gasteiger partial charge is 0.125 e. The zero-order valence-electron chi connectivity index (χ0n) is 9.90. The van der Waals surface area contributed by atoms with Crippen molar-refractivity contribution in [1.82, 2.24) is 5.32 Å². The van der Waals surface area contributed by atoms with Gasteiger partial charge in [0.2, 0.25) is 0 Å². The monoisotopic (exact) mass is 221 g/mol. The largest absolute Gasteiger partial charge is 0.491 e. The highest BCUT2D eigenvalue weighted by atomic mass is 16.5. The molecule has 1 aromatic carbocycles. The highest BCUT2D eigenvalue weighted by molar-refractivity contribution is 5.38. The Morgan fingerprint density at radius 2 is 2.06 bits per heavy atom. The van der Waals surface area contributed by atoms with Gasteiger partial charge < -0.3 is 14.8 Å². The normalized spacial score (nSPS) is 26.6. The SMILES string of the molecule is CC.c1ccc2c(c1)OCC1NCCOC21. The maximum atomic E-state index is 5.77. The molecule has 2 atom stereocenters. The number of rotatable bonds is 0. The van der Waals surface area contributed by atoms with Gasteiger partial charge in [0.05, 0.1) is 12.6 Å².